The number of ether oxygens (including phenoxy) is 1. The number of furan rings is 1. The van der Waals surface area contributed by atoms with Gasteiger partial charge < -0.3 is 19.2 Å². The second-order valence-corrected chi connectivity index (χ2v) is 6.15. The molecule has 2 aromatic rings. The molecule has 2 heterocycles. The lowest BCUT2D eigenvalue weighted by Gasteiger charge is -2.31. The molecular formula is C19H20N2O4. The van der Waals surface area contributed by atoms with Gasteiger partial charge in [0.25, 0.3) is 5.91 Å². The van der Waals surface area contributed by atoms with Crippen molar-refractivity contribution in [2.75, 3.05) is 19.7 Å². The van der Waals surface area contributed by atoms with Crippen LogP contribution in [0.15, 0.2) is 41.0 Å². The number of hydrogen-bond donors (Lipinski definition) is 1. The first kappa shape index (κ1) is 17.1. The zero-order valence-corrected chi connectivity index (χ0v) is 13.9. The first-order chi connectivity index (χ1) is 12.2. The lowest BCUT2D eigenvalue weighted by molar-refractivity contribution is 0.0586. The van der Waals surface area contributed by atoms with Crippen LogP contribution in [0.5, 0.6) is 5.75 Å². The second kappa shape index (κ2) is 7.86. The highest BCUT2D eigenvalue weighted by atomic mass is 16.5. The third-order valence-electron chi connectivity index (χ3n) is 4.36. The molecule has 0 bridgehead atoms. The smallest absolute Gasteiger partial charge is 0.289 e. The Balaban J connectivity index is 1.67. The Kier molecular flexibility index (Phi) is 5.36. The molecule has 0 saturated carbocycles. The molecule has 1 atom stereocenters. The van der Waals surface area contributed by atoms with Gasteiger partial charge in [-0.1, -0.05) is 6.07 Å². The van der Waals surface area contributed by atoms with Gasteiger partial charge >= 0.3 is 0 Å². The minimum absolute atomic E-state index is 0.0904. The van der Waals surface area contributed by atoms with Gasteiger partial charge in [0, 0.05) is 25.3 Å². The van der Waals surface area contributed by atoms with Crippen LogP contribution in [-0.2, 0) is 6.61 Å². The summed E-state index contributed by atoms with van der Waals surface area (Å²) in [5.41, 5.74) is 1.18. The van der Waals surface area contributed by atoms with Gasteiger partial charge in [-0.15, -0.1) is 0 Å². The summed E-state index contributed by atoms with van der Waals surface area (Å²) in [5.74, 6) is 0.792. The van der Waals surface area contributed by atoms with Gasteiger partial charge in [0.15, 0.2) is 5.76 Å². The first-order valence-electron chi connectivity index (χ1n) is 8.30. The summed E-state index contributed by atoms with van der Waals surface area (Å²) in [6, 6.07) is 10.6. The van der Waals surface area contributed by atoms with Crippen molar-refractivity contribution in [1.82, 2.24) is 4.90 Å². The van der Waals surface area contributed by atoms with Crippen LogP contribution in [0.2, 0.25) is 0 Å². The van der Waals surface area contributed by atoms with Crippen LogP contribution in [0, 0.1) is 17.2 Å². The number of carbonyl (C=O) groups excluding carboxylic acids is 1. The number of piperidine rings is 1. The van der Waals surface area contributed by atoms with E-state index >= 15 is 0 Å². The predicted octanol–water partition coefficient (Wildman–Crippen LogP) is 2.57. The molecule has 6 heteroatoms. The van der Waals surface area contributed by atoms with Crippen molar-refractivity contribution in [2.24, 2.45) is 5.92 Å². The number of carbonyl (C=O) groups is 1. The maximum atomic E-state index is 12.7. The molecule has 0 aliphatic carbocycles. The number of rotatable bonds is 5. The van der Waals surface area contributed by atoms with Crippen LogP contribution in [0.4, 0.5) is 0 Å². The Morgan fingerprint density at radius 2 is 2.32 bits per heavy atom. The third kappa shape index (κ3) is 4.01. The molecule has 0 spiro atoms. The largest absolute Gasteiger partial charge is 0.489 e. The molecule has 1 N–H and O–H groups in total. The Morgan fingerprint density at radius 3 is 3.12 bits per heavy atom. The Bertz CT molecular complexity index is 778. The summed E-state index contributed by atoms with van der Waals surface area (Å²) in [4.78, 5) is 14.4. The minimum Gasteiger partial charge on any atom is -0.489 e. The summed E-state index contributed by atoms with van der Waals surface area (Å²) in [6.45, 7) is 1.48. The van der Waals surface area contributed by atoms with Crippen LogP contribution < -0.4 is 4.74 Å². The van der Waals surface area contributed by atoms with Crippen molar-refractivity contribution >= 4 is 5.91 Å². The molecule has 0 radical (unpaired) electrons. The maximum absolute atomic E-state index is 12.7. The maximum Gasteiger partial charge on any atom is 0.289 e. The number of nitrogens with zero attached hydrogens (tertiary/aromatic N) is 2. The Labute approximate surface area is 146 Å². The van der Waals surface area contributed by atoms with Crippen LogP contribution in [0.1, 0.15) is 34.5 Å². The average molecular weight is 340 g/mol. The lowest BCUT2D eigenvalue weighted by atomic mass is 9.99. The van der Waals surface area contributed by atoms with Gasteiger partial charge in [0.2, 0.25) is 0 Å². The zero-order chi connectivity index (χ0) is 17.6. The number of nitriles is 1. The van der Waals surface area contributed by atoms with Crippen molar-refractivity contribution in [2.45, 2.75) is 19.4 Å². The number of likely N-dealkylation sites (tertiary alicyclic amines) is 1. The Hall–Kier alpha value is -2.78. The number of benzene rings is 1. The Morgan fingerprint density at radius 1 is 1.44 bits per heavy atom. The standard InChI is InChI=1S/C19H20N2O4/c20-10-14-3-1-5-17(9-14)25-13-16-6-8-24-18(16)19(23)21-7-2-4-15(11-21)12-22/h1,3,5-6,8-9,15,22H,2,4,7,11-13H2. The summed E-state index contributed by atoms with van der Waals surface area (Å²) in [7, 11) is 0. The monoisotopic (exact) mass is 340 g/mol. The average Bonchev–Trinajstić information content (AvgIpc) is 3.14. The molecule has 130 valence electrons. The number of amides is 1. The minimum atomic E-state index is -0.174. The van der Waals surface area contributed by atoms with Gasteiger partial charge in [-0.3, -0.25) is 4.79 Å². The van der Waals surface area contributed by atoms with E-state index in [-0.39, 0.29) is 30.8 Å². The van der Waals surface area contributed by atoms with E-state index in [0.717, 1.165) is 12.8 Å². The van der Waals surface area contributed by atoms with Gasteiger partial charge in [-0.2, -0.15) is 5.26 Å². The van der Waals surface area contributed by atoms with E-state index < -0.39 is 0 Å². The lowest BCUT2D eigenvalue weighted by Crippen LogP contribution is -2.41. The summed E-state index contributed by atoms with van der Waals surface area (Å²) >= 11 is 0. The van der Waals surface area contributed by atoms with E-state index in [9.17, 15) is 9.90 Å². The zero-order valence-electron chi connectivity index (χ0n) is 13.9. The summed E-state index contributed by atoms with van der Waals surface area (Å²) < 4.78 is 11.1. The van der Waals surface area contributed by atoms with Crippen molar-refractivity contribution in [3.05, 3.63) is 53.5 Å². The topological polar surface area (TPSA) is 86.7 Å². The fraction of sp³-hybridized carbons (Fsp3) is 0.368. The van der Waals surface area contributed by atoms with E-state index in [1.165, 1.54) is 6.26 Å². The summed E-state index contributed by atoms with van der Waals surface area (Å²) in [6.07, 6.45) is 3.29. The third-order valence-corrected chi connectivity index (χ3v) is 4.36. The van der Waals surface area contributed by atoms with E-state index in [0.29, 0.717) is 30.0 Å². The van der Waals surface area contributed by atoms with Crippen LogP contribution in [-0.4, -0.2) is 35.6 Å². The molecule has 1 aromatic carbocycles. The highest BCUT2D eigenvalue weighted by Gasteiger charge is 2.27. The van der Waals surface area contributed by atoms with Gasteiger partial charge in [-0.25, -0.2) is 0 Å². The molecule has 1 aliphatic rings. The molecule has 1 saturated heterocycles. The molecule has 6 nitrogen and oxygen atoms in total. The van der Waals surface area contributed by atoms with E-state index in [4.69, 9.17) is 14.4 Å². The summed E-state index contributed by atoms with van der Waals surface area (Å²) in [5, 5.41) is 18.3. The SMILES string of the molecule is N#Cc1cccc(OCc2ccoc2C(=O)N2CCCC(CO)C2)c1. The molecule has 3 rings (SSSR count). The molecule has 1 fully saturated rings. The van der Waals surface area contributed by atoms with Crippen LogP contribution in [0.25, 0.3) is 0 Å². The van der Waals surface area contributed by atoms with Crippen LogP contribution >= 0.6 is 0 Å². The van der Waals surface area contributed by atoms with Crippen molar-refractivity contribution in [1.29, 1.82) is 5.26 Å². The molecule has 1 aliphatic heterocycles. The second-order valence-electron chi connectivity index (χ2n) is 6.15. The number of aliphatic hydroxyl groups excluding tert-OH is 1. The van der Waals surface area contributed by atoms with E-state index in [2.05, 4.69) is 6.07 Å². The van der Waals surface area contributed by atoms with E-state index in [1.54, 1.807) is 35.2 Å². The highest BCUT2D eigenvalue weighted by molar-refractivity contribution is 5.93. The van der Waals surface area contributed by atoms with Crippen molar-refractivity contribution in [3.63, 3.8) is 0 Å². The van der Waals surface area contributed by atoms with Gasteiger partial charge in [0.1, 0.15) is 12.4 Å². The molecule has 1 aromatic heterocycles. The fourth-order valence-corrected chi connectivity index (χ4v) is 3.00. The van der Waals surface area contributed by atoms with Crippen molar-refractivity contribution < 1.29 is 19.1 Å². The predicted molar refractivity (Wildman–Crippen MR) is 89.9 cm³/mol. The van der Waals surface area contributed by atoms with E-state index in [1.807, 2.05) is 0 Å². The highest BCUT2D eigenvalue weighted by Crippen LogP contribution is 2.22. The first-order valence-corrected chi connectivity index (χ1v) is 8.30. The molecule has 1 amide bonds. The normalized spacial score (nSPS) is 17.1. The number of aliphatic hydroxyl groups is 1. The molecular weight excluding hydrogens is 320 g/mol. The quantitative estimate of drug-likeness (QED) is 0.904. The fourth-order valence-electron chi connectivity index (χ4n) is 3.00. The van der Waals surface area contributed by atoms with Crippen LogP contribution in [0.3, 0.4) is 0 Å². The molecule has 1 unspecified atom stereocenters. The van der Waals surface area contributed by atoms with Crippen molar-refractivity contribution in [3.8, 4) is 11.8 Å². The van der Waals surface area contributed by atoms with Gasteiger partial charge in [-0.05, 0) is 43.0 Å². The number of hydrogen-bond acceptors (Lipinski definition) is 5. The van der Waals surface area contributed by atoms with Gasteiger partial charge in [0.05, 0.1) is 17.9 Å². The molecule has 25 heavy (non-hydrogen) atoms.